The molecule has 0 unspecified atom stereocenters. The van der Waals surface area contributed by atoms with E-state index in [9.17, 15) is 4.79 Å². The first-order valence-electron chi connectivity index (χ1n) is 5.88. The van der Waals surface area contributed by atoms with Gasteiger partial charge >= 0.3 is 0 Å². The lowest BCUT2D eigenvalue weighted by Crippen LogP contribution is -2.02. The average Bonchev–Trinajstić information content (AvgIpc) is 2.40. The van der Waals surface area contributed by atoms with E-state index in [1.54, 1.807) is 12.1 Å². The lowest BCUT2D eigenvalue weighted by Gasteiger charge is -2.02. The first kappa shape index (κ1) is 10.8. The summed E-state index contributed by atoms with van der Waals surface area (Å²) in [5.74, 6) is 0.699. The Morgan fingerprint density at radius 2 is 1.61 bits per heavy atom. The van der Waals surface area contributed by atoms with Gasteiger partial charge in [-0.2, -0.15) is 0 Å². The maximum atomic E-state index is 11.9. The van der Waals surface area contributed by atoms with Gasteiger partial charge in [0.2, 0.25) is 0 Å². The van der Waals surface area contributed by atoms with Crippen LogP contribution in [0.25, 0.3) is 11.0 Å². The topological polar surface area (TPSA) is 30.2 Å². The Labute approximate surface area is 105 Å². The molecule has 0 amide bonds. The fraction of sp³-hybridized carbons (Fsp3) is 0.0625. The lowest BCUT2D eigenvalue weighted by molar-refractivity contribution is 0.549. The van der Waals surface area contributed by atoms with Crippen LogP contribution in [0.1, 0.15) is 11.3 Å². The van der Waals surface area contributed by atoms with Crippen molar-refractivity contribution in [3.8, 4) is 0 Å². The van der Waals surface area contributed by atoms with Gasteiger partial charge in [0.1, 0.15) is 11.3 Å². The van der Waals surface area contributed by atoms with Gasteiger partial charge in [0.15, 0.2) is 5.43 Å². The number of benzene rings is 2. The Balaban J connectivity index is 2.06. The Bertz CT molecular complexity index is 727. The van der Waals surface area contributed by atoms with Crippen LogP contribution in [-0.4, -0.2) is 0 Å². The molecule has 0 N–H and O–H groups in total. The summed E-state index contributed by atoms with van der Waals surface area (Å²) in [6.07, 6.45) is 0.640. The molecular weight excluding hydrogens is 224 g/mol. The van der Waals surface area contributed by atoms with Crippen LogP contribution < -0.4 is 5.43 Å². The van der Waals surface area contributed by atoms with Crippen molar-refractivity contribution < 1.29 is 4.42 Å². The van der Waals surface area contributed by atoms with Gasteiger partial charge in [0, 0.05) is 12.5 Å². The van der Waals surface area contributed by atoms with Crippen LogP contribution in [0.2, 0.25) is 0 Å². The molecule has 0 bridgehead atoms. The summed E-state index contributed by atoms with van der Waals surface area (Å²) in [5.41, 5.74) is 1.80. The van der Waals surface area contributed by atoms with Gasteiger partial charge < -0.3 is 4.42 Å². The Hall–Kier alpha value is -2.35. The van der Waals surface area contributed by atoms with Gasteiger partial charge in [-0.05, 0) is 17.7 Å². The van der Waals surface area contributed by atoms with E-state index in [2.05, 4.69) is 0 Å². The first-order valence-corrected chi connectivity index (χ1v) is 5.88. The Morgan fingerprint density at radius 1 is 0.889 bits per heavy atom. The molecule has 0 saturated heterocycles. The number of hydrogen-bond acceptors (Lipinski definition) is 2. The summed E-state index contributed by atoms with van der Waals surface area (Å²) in [5, 5.41) is 0.634. The normalized spacial score (nSPS) is 10.7. The van der Waals surface area contributed by atoms with Crippen LogP contribution in [0.15, 0.2) is 69.9 Å². The second-order valence-electron chi connectivity index (χ2n) is 4.24. The monoisotopic (exact) mass is 236 g/mol. The highest BCUT2D eigenvalue weighted by atomic mass is 16.3. The molecule has 1 heterocycles. The highest BCUT2D eigenvalue weighted by Crippen LogP contribution is 2.14. The number of fused-ring (bicyclic) bond motifs is 1. The molecule has 18 heavy (non-hydrogen) atoms. The minimum atomic E-state index is 0.0165. The van der Waals surface area contributed by atoms with E-state index in [4.69, 9.17) is 4.42 Å². The van der Waals surface area contributed by atoms with Gasteiger partial charge in [-0.25, -0.2) is 0 Å². The molecule has 0 aliphatic heterocycles. The highest BCUT2D eigenvalue weighted by Gasteiger charge is 2.04. The molecule has 2 aromatic carbocycles. The third-order valence-electron chi connectivity index (χ3n) is 2.91. The minimum Gasteiger partial charge on any atom is -0.460 e. The average molecular weight is 236 g/mol. The molecule has 1 aromatic heterocycles. The molecular formula is C16H12O2. The summed E-state index contributed by atoms with van der Waals surface area (Å²) in [4.78, 5) is 11.9. The summed E-state index contributed by atoms with van der Waals surface area (Å²) < 4.78 is 5.75. The van der Waals surface area contributed by atoms with Gasteiger partial charge in [0.05, 0.1) is 5.39 Å². The predicted molar refractivity (Wildman–Crippen MR) is 71.7 cm³/mol. The number of hydrogen-bond donors (Lipinski definition) is 0. The van der Waals surface area contributed by atoms with Gasteiger partial charge in [0.25, 0.3) is 0 Å². The van der Waals surface area contributed by atoms with Gasteiger partial charge in [-0.15, -0.1) is 0 Å². The fourth-order valence-corrected chi connectivity index (χ4v) is 2.04. The lowest BCUT2D eigenvalue weighted by atomic mass is 10.1. The SMILES string of the molecule is O=c1cc(Cc2ccccc2)oc2ccccc12. The highest BCUT2D eigenvalue weighted by molar-refractivity contribution is 5.76. The van der Waals surface area contributed by atoms with E-state index in [1.807, 2.05) is 48.5 Å². The Morgan fingerprint density at radius 3 is 2.44 bits per heavy atom. The van der Waals surface area contributed by atoms with Gasteiger partial charge in [-0.3, -0.25) is 4.79 Å². The van der Waals surface area contributed by atoms with Crippen molar-refractivity contribution in [1.29, 1.82) is 0 Å². The number of rotatable bonds is 2. The molecule has 3 aromatic rings. The molecule has 2 nitrogen and oxygen atoms in total. The molecule has 88 valence electrons. The minimum absolute atomic E-state index is 0.0165. The standard InChI is InChI=1S/C16H12O2/c17-15-11-13(10-12-6-2-1-3-7-12)18-16-9-5-4-8-14(15)16/h1-9,11H,10H2. The van der Waals surface area contributed by atoms with Crippen molar-refractivity contribution in [3.05, 3.63) is 82.2 Å². The summed E-state index contributed by atoms with van der Waals surface area (Å²) in [6, 6.07) is 18.9. The molecule has 0 atom stereocenters. The molecule has 2 heteroatoms. The van der Waals surface area contributed by atoms with Crippen LogP contribution in [0.3, 0.4) is 0 Å². The third kappa shape index (κ3) is 2.05. The van der Waals surface area contributed by atoms with Crippen LogP contribution in [-0.2, 0) is 6.42 Å². The molecule has 3 rings (SSSR count). The van der Waals surface area contributed by atoms with E-state index in [0.717, 1.165) is 5.56 Å². The quantitative estimate of drug-likeness (QED) is 0.682. The third-order valence-corrected chi connectivity index (χ3v) is 2.91. The zero-order chi connectivity index (χ0) is 12.4. The summed E-state index contributed by atoms with van der Waals surface area (Å²) in [7, 11) is 0. The van der Waals surface area contributed by atoms with Crippen LogP contribution in [0.5, 0.6) is 0 Å². The number of para-hydroxylation sites is 1. The Kier molecular flexibility index (Phi) is 2.69. The summed E-state index contributed by atoms with van der Waals surface area (Å²) >= 11 is 0. The van der Waals surface area contributed by atoms with E-state index in [1.165, 1.54) is 0 Å². The van der Waals surface area contributed by atoms with E-state index >= 15 is 0 Å². The summed E-state index contributed by atoms with van der Waals surface area (Å²) in [6.45, 7) is 0. The first-order chi connectivity index (χ1) is 8.83. The zero-order valence-corrected chi connectivity index (χ0v) is 9.80. The van der Waals surface area contributed by atoms with Gasteiger partial charge in [-0.1, -0.05) is 42.5 Å². The smallest absolute Gasteiger partial charge is 0.192 e. The fourth-order valence-electron chi connectivity index (χ4n) is 2.04. The van der Waals surface area contributed by atoms with E-state index in [-0.39, 0.29) is 5.43 Å². The van der Waals surface area contributed by atoms with Crippen molar-refractivity contribution >= 4 is 11.0 Å². The zero-order valence-electron chi connectivity index (χ0n) is 9.80. The molecule has 0 aliphatic carbocycles. The maximum absolute atomic E-state index is 11.9. The van der Waals surface area contributed by atoms with Crippen LogP contribution in [0, 0.1) is 0 Å². The molecule has 0 saturated carbocycles. The van der Waals surface area contributed by atoms with Crippen molar-refractivity contribution in [2.45, 2.75) is 6.42 Å². The van der Waals surface area contributed by atoms with E-state index < -0.39 is 0 Å². The van der Waals surface area contributed by atoms with Crippen molar-refractivity contribution in [2.24, 2.45) is 0 Å². The second-order valence-corrected chi connectivity index (χ2v) is 4.24. The van der Waals surface area contributed by atoms with Crippen molar-refractivity contribution in [2.75, 3.05) is 0 Å². The second kappa shape index (κ2) is 4.49. The van der Waals surface area contributed by atoms with Crippen molar-refractivity contribution in [1.82, 2.24) is 0 Å². The largest absolute Gasteiger partial charge is 0.460 e. The van der Waals surface area contributed by atoms with Crippen molar-refractivity contribution in [3.63, 3.8) is 0 Å². The molecule has 0 aliphatic rings. The van der Waals surface area contributed by atoms with Crippen LogP contribution in [0.4, 0.5) is 0 Å². The maximum Gasteiger partial charge on any atom is 0.192 e. The van der Waals surface area contributed by atoms with Crippen LogP contribution >= 0.6 is 0 Å². The van der Waals surface area contributed by atoms with E-state index in [0.29, 0.717) is 23.2 Å². The predicted octanol–water partition coefficient (Wildman–Crippen LogP) is 3.38. The molecule has 0 spiro atoms. The molecule has 0 fully saturated rings. The molecule has 0 radical (unpaired) electrons.